The molecular weight excluding hydrogens is 228 g/mol. The Labute approximate surface area is 106 Å². The molecule has 0 aliphatic rings. The lowest BCUT2D eigenvalue weighted by Crippen LogP contribution is -2.04. The van der Waals surface area contributed by atoms with Crippen LogP contribution in [-0.2, 0) is 6.42 Å². The van der Waals surface area contributed by atoms with Crippen LogP contribution in [0.3, 0.4) is 0 Å². The minimum atomic E-state index is 0.553. The van der Waals surface area contributed by atoms with E-state index in [1.165, 1.54) is 0 Å². The molecule has 0 aliphatic heterocycles. The molecule has 0 saturated heterocycles. The second-order valence-corrected chi connectivity index (χ2v) is 3.83. The second kappa shape index (κ2) is 5.91. The van der Waals surface area contributed by atoms with Crippen LogP contribution in [0.1, 0.15) is 5.69 Å². The van der Waals surface area contributed by atoms with Crippen LogP contribution < -0.4 is 15.2 Å². The summed E-state index contributed by atoms with van der Waals surface area (Å²) in [7, 11) is 1.60. The fourth-order valence-electron chi connectivity index (χ4n) is 1.61. The zero-order chi connectivity index (χ0) is 12.8. The highest BCUT2D eigenvalue weighted by atomic mass is 16.5. The first kappa shape index (κ1) is 12.2. The second-order valence-electron chi connectivity index (χ2n) is 3.83. The maximum absolute atomic E-state index is 5.68. The molecule has 1 aromatic heterocycles. The van der Waals surface area contributed by atoms with Gasteiger partial charge in [0, 0.05) is 30.1 Å². The van der Waals surface area contributed by atoms with Crippen molar-refractivity contribution >= 4 is 5.69 Å². The van der Waals surface area contributed by atoms with Crippen LogP contribution >= 0.6 is 0 Å². The fourth-order valence-corrected chi connectivity index (χ4v) is 1.61. The maximum Gasteiger partial charge on any atom is 0.162 e. The molecule has 0 spiro atoms. The largest absolute Gasteiger partial charge is 0.493 e. The highest BCUT2D eigenvalue weighted by Crippen LogP contribution is 2.28. The lowest BCUT2D eigenvalue weighted by atomic mass is 10.2. The number of methoxy groups -OCH3 is 1. The smallest absolute Gasteiger partial charge is 0.162 e. The van der Waals surface area contributed by atoms with E-state index in [-0.39, 0.29) is 0 Å². The Morgan fingerprint density at radius 1 is 1.17 bits per heavy atom. The summed E-state index contributed by atoms with van der Waals surface area (Å²) in [4.78, 5) is 4.24. The molecule has 2 N–H and O–H groups in total. The molecule has 4 heteroatoms. The summed E-state index contributed by atoms with van der Waals surface area (Å²) >= 11 is 0. The number of hydrogen-bond acceptors (Lipinski definition) is 4. The zero-order valence-corrected chi connectivity index (χ0v) is 10.3. The number of nitrogens with zero attached hydrogens (tertiary/aromatic N) is 1. The van der Waals surface area contributed by atoms with Crippen molar-refractivity contribution in [3.63, 3.8) is 0 Å². The molecule has 18 heavy (non-hydrogen) atoms. The van der Waals surface area contributed by atoms with Crippen LogP contribution in [0.25, 0.3) is 0 Å². The molecule has 2 rings (SSSR count). The van der Waals surface area contributed by atoms with Crippen LogP contribution in [0.2, 0.25) is 0 Å². The molecule has 94 valence electrons. The lowest BCUT2D eigenvalue weighted by Gasteiger charge is -2.10. The number of nitrogens with two attached hydrogens (primary N) is 1. The van der Waals surface area contributed by atoms with E-state index in [4.69, 9.17) is 15.2 Å². The van der Waals surface area contributed by atoms with E-state index in [0.717, 1.165) is 12.1 Å². The standard InChI is InChI=1S/C14H16N2O2/c1-17-14-10-11(15)5-6-13(14)18-9-7-12-4-2-3-8-16-12/h2-6,8,10H,7,9,15H2,1H3. The highest BCUT2D eigenvalue weighted by molar-refractivity contribution is 5.51. The molecule has 0 unspecified atom stereocenters. The van der Waals surface area contributed by atoms with Crippen LogP contribution in [0.15, 0.2) is 42.6 Å². The zero-order valence-electron chi connectivity index (χ0n) is 10.3. The minimum Gasteiger partial charge on any atom is -0.493 e. The quantitative estimate of drug-likeness (QED) is 0.820. The molecule has 1 aromatic carbocycles. The van der Waals surface area contributed by atoms with Crippen molar-refractivity contribution in [3.8, 4) is 11.5 Å². The molecular formula is C14H16N2O2. The molecule has 4 nitrogen and oxygen atoms in total. The van der Waals surface area contributed by atoms with Gasteiger partial charge in [-0.1, -0.05) is 6.07 Å². The van der Waals surface area contributed by atoms with Crippen molar-refractivity contribution in [2.75, 3.05) is 19.5 Å². The summed E-state index contributed by atoms with van der Waals surface area (Å²) in [6.07, 6.45) is 2.54. The van der Waals surface area contributed by atoms with E-state index in [1.807, 2.05) is 24.3 Å². The molecule has 0 amide bonds. The third kappa shape index (κ3) is 3.13. The van der Waals surface area contributed by atoms with Crippen molar-refractivity contribution < 1.29 is 9.47 Å². The first-order valence-electron chi connectivity index (χ1n) is 5.76. The number of aromatic nitrogens is 1. The number of hydrogen-bond donors (Lipinski definition) is 1. The van der Waals surface area contributed by atoms with E-state index in [9.17, 15) is 0 Å². The van der Waals surface area contributed by atoms with E-state index in [0.29, 0.717) is 23.8 Å². The third-order valence-corrected chi connectivity index (χ3v) is 2.53. The van der Waals surface area contributed by atoms with Gasteiger partial charge in [0.1, 0.15) is 0 Å². The summed E-state index contributed by atoms with van der Waals surface area (Å²) in [5.41, 5.74) is 7.34. The van der Waals surface area contributed by atoms with Gasteiger partial charge in [-0.15, -0.1) is 0 Å². The first-order valence-corrected chi connectivity index (χ1v) is 5.76. The predicted octanol–water partition coefficient (Wildman–Crippen LogP) is 2.29. The Balaban J connectivity index is 1.94. The van der Waals surface area contributed by atoms with Crippen LogP contribution in [-0.4, -0.2) is 18.7 Å². The van der Waals surface area contributed by atoms with Crippen molar-refractivity contribution in [2.45, 2.75) is 6.42 Å². The molecule has 0 fully saturated rings. The van der Waals surface area contributed by atoms with E-state index in [2.05, 4.69) is 4.98 Å². The summed E-state index contributed by atoms with van der Waals surface area (Å²) in [5, 5.41) is 0. The van der Waals surface area contributed by atoms with Gasteiger partial charge in [-0.25, -0.2) is 0 Å². The number of anilines is 1. The average Bonchev–Trinajstić information content (AvgIpc) is 2.41. The predicted molar refractivity (Wildman–Crippen MR) is 70.8 cm³/mol. The summed E-state index contributed by atoms with van der Waals surface area (Å²) in [5.74, 6) is 1.35. The van der Waals surface area contributed by atoms with Gasteiger partial charge < -0.3 is 15.2 Å². The van der Waals surface area contributed by atoms with Gasteiger partial charge in [0.15, 0.2) is 11.5 Å². The van der Waals surface area contributed by atoms with Gasteiger partial charge in [-0.2, -0.15) is 0 Å². The monoisotopic (exact) mass is 244 g/mol. The molecule has 0 atom stereocenters. The molecule has 0 radical (unpaired) electrons. The van der Waals surface area contributed by atoms with Gasteiger partial charge in [0.25, 0.3) is 0 Å². The van der Waals surface area contributed by atoms with Crippen molar-refractivity contribution in [2.24, 2.45) is 0 Å². The van der Waals surface area contributed by atoms with Gasteiger partial charge in [-0.3, -0.25) is 4.98 Å². The van der Waals surface area contributed by atoms with Crippen molar-refractivity contribution in [1.82, 2.24) is 4.98 Å². The van der Waals surface area contributed by atoms with Crippen LogP contribution in [0.4, 0.5) is 5.69 Å². The van der Waals surface area contributed by atoms with Crippen molar-refractivity contribution in [3.05, 3.63) is 48.3 Å². The third-order valence-electron chi connectivity index (χ3n) is 2.53. The first-order chi connectivity index (χ1) is 8.79. The van der Waals surface area contributed by atoms with E-state index < -0.39 is 0 Å². The van der Waals surface area contributed by atoms with Gasteiger partial charge in [-0.05, 0) is 24.3 Å². The number of rotatable bonds is 5. The Hall–Kier alpha value is -2.23. The summed E-state index contributed by atoms with van der Waals surface area (Å²) in [6, 6.07) is 11.2. The molecule has 2 aromatic rings. The van der Waals surface area contributed by atoms with Gasteiger partial charge >= 0.3 is 0 Å². The topological polar surface area (TPSA) is 57.4 Å². The van der Waals surface area contributed by atoms with Crippen LogP contribution in [0.5, 0.6) is 11.5 Å². The summed E-state index contributed by atoms with van der Waals surface area (Å²) in [6.45, 7) is 0.553. The van der Waals surface area contributed by atoms with Gasteiger partial charge in [0.2, 0.25) is 0 Å². The SMILES string of the molecule is COc1cc(N)ccc1OCCc1ccccn1. The number of ether oxygens (including phenoxy) is 2. The average molecular weight is 244 g/mol. The number of pyridine rings is 1. The Bertz CT molecular complexity index is 500. The lowest BCUT2D eigenvalue weighted by molar-refractivity contribution is 0.297. The number of nitrogen functional groups attached to an aromatic ring is 1. The Kier molecular flexibility index (Phi) is 4.02. The van der Waals surface area contributed by atoms with Crippen LogP contribution in [0, 0.1) is 0 Å². The molecule has 0 bridgehead atoms. The Morgan fingerprint density at radius 3 is 2.78 bits per heavy atom. The molecule has 1 heterocycles. The fraction of sp³-hybridized carbons (Fsp3) is 0.214. The van der Waals surface area contributed by atoms with E-state index >= 15 is 0 Å². The number of benzene rings is 1. The highest BCUT2D eigenvalue weighted by Gasteiger charge is 2.04. The van der Waals surface area contributed by atoms with Gasteiger partial charge in [0.05, 0.1) is 13.7 Å². The normalized spacial score (nSPS) is 10.1. The summed E-state index contributed by atoms with van der Waals surface area (Å²) < 4.78 is 10.9. The maximum atomic E-state index is 5.68. The minimum absolute atomic E-state index is 0.553. The van der Waals surface area contributed by atoms with Crippen molar-refractivity contribution in [1.29, 1.82) is 0 Å². The molecule has 0 saturated carbocycles. The Morgan fingerprint density at radius 2 is 2.06 bits per heavy atom. The molecule has 0 aliphatic carbocycles. The van der Waals surface area contributed by atoms with E-state index in [1.54, 1.807) is 25.4 Å².